The van der Waals surface area contributed by atoms with E-state index in [1.807, 2.05) is 31.1 Å². The quantitative estimate of drug-likeness (QED) is 0.0467. The first kappa shape index (κ1) is 87.9. The van der Waals surface area contributed by atoms with E-state index < -0.39 is 192 Å². The Bertz CT molecular complexity index is 2320. The third kappa shape index (κ3) is 25.1. The van der Waals surface area contributed by atoms with Gasteiger partial charge in [0.1, 0.15) is 18.1 Å². The van der Waals surface area contributed by atoms with Crippen molar-refractivity contribution in [1.82, 2.24) is 19.1 Å². The van der Waals surface area contributed by atoms with E-state index >= 15 is 0 Å². The maximum Gasteiger partial charge on any atom is 0.169 e. The fraction of sp³-hybridized carbons (Fsp3) is 0.350. The van der Waals surface area contributed by atoms with Crippen molar-refractivity contribution >= 4 is 464 Å². The minimum Gasteiger partial charge on any atom is -0.490 e. The van der Waals surface area contributed by atoms with Crippen LogP contribution in [0.2, 0.25) is 0 Å². The second kappa shape index (κ2) is 42.2. The number of hydrogen-bond donors (Lipinski definition) is 1. The van der Waals surface area contributed by atoms with Crippen LogP contribution in [0.15, 0.2) is 43.2 Å². The average molecular weight is 1060 g/mol. The first-order valence-corrected chi connectivity index (χ1v) is 29.9. The normalized spacial score (nSPS) is 10.6. The minimum absolute atomic E-state index is 0.479. The molecule has 0 aliphatic carbocycles. The number of nitrogens with one attached hydrogen (secondary N) is 1. The van der Waals surface area contributed by atoms with E-state index in [0.29, 0.717) is 5.69 Å². The topological polar surface area (TPSA) is 77.2 Å². The molecule has 0 fully saturated rings. The summed E-state index contributed by atoms with van der Waals surface area (Å²) in [6, 6.07) is 6.26. The number of benzene rings is 1. The number of carbonyl (C=O) groups is 1. The molecular weight excluding hydrogens is 1040 g/mol. The third-order valence-electron chi connectivity index (χ3n) is 17.4. The monoisotopic (exact) mass is 1080 g/mol. The van der Waals surface area contributed by atoms with Crippen molar-refractivity contribution in [2.75, 3.05) is 29.9 Å². The molecule has 0 atom stereocenters. The fourth-order valence-electron chi connectivity index (χ4n) is 13.9. The largest absolute Gasteiger partial charge is 0.490 e. The van der Waals surface area contributed by atoms with Gasteiger partial charge < -0.3 is 24.1 Å². The zero-order chi connectivity index (χ0) is 70.0. The van der Waals surface area contributed by atoms with Gasteiger partial charge in [0, 0.05) is 485 Å². The van der Waals surface area contributed by atoms with Gasteiger partial charge in [0.15, 0.2) is 6.29 Å². The van der Waals surface area contributed by atoms with Crippen LogP contribution < -0.4 is 15.0 Å². The van der Waals surface area contributed by atoms with E-state index in [9.17, 15) is 4.79 Å². The molecule has 0 unspecified atom stereocenters. The van der Waals surface area contributed by atoms with Crippen molar-refractivity contribution < 1.29 is 9.53 Å². The molecule has 65 radical (unpaired) electrons. The number of ether oxygens (including phenoxy) is 1. The van der Waals surface area contributed by atoms with Crippen molar-refractivity contribution in [1.29, 1.82) is 0 Å². The third-order valence-corrected chi connectivity index (χ3v) is 17.4. The van der Waals surface area contributed by atoms with Crippen LogP contribution in [0.3, 0.4) is 0 Å². The second-order valence-electron chi connectivity index (χ2n) is 24.1. The predicted molar refractivity (Wildman–Crippen MR) is 471 cm³/mol. The number of aryl methyl sites for hydroxylation is 2. The van der Waals surface area contributed by atoms with Gasteiger partial charge in [-0.2, -0.15) is 0 Å². The Morgan fingerprint density at radius 2 is 0.769 bits per heavy atom. The lowest BCUT2D eigenvalue weighted by Crippen LogP contribution is -2.97. The molecule has 4 rings (SSSR count). The Balaban J connectivity index is 0.000000804. The highest BCUT2D eigenvalue weighted by Gasteiger charge is 2.63. The van der Waals surface area contributed by atoms with Crippen molar-refractivity contribution in [2.45, 2.75) is 13.5 Å². The molecule has 1 aliphatic rings. The van der Waals surface area contributed by atoms with E-state index in [2.05, 4.69) is 45.4 Å². The summed E-state index contributed by atoms with van der Waals surface area (Å²) in [6.45, 7) is 5.44. The summed E-state index contributed by atoms with van der Waals surface area (Å²) >= 11 is 0. The summed E-state index contributed by atoms with van der Waals surface area (Å²) < 4.78 is 9.44. The fourth-order valence-corrected chi connectivity index (χ4v) is 13.9. The number of imidazole rings is 2. The number of aldehydes is 1. The number of fused-ring (bicyclic) bond motifs is 1. The first-order valence-electron chi connectivity index (χ1n) is 29.9. The molecule has 3 heterocycles. The van der Waals surface area contributed by atoms with E-state index in [1.165, 1.54) is 0 Å². The SMILES string of the molecule is CCNc1ccc2c(c1)N(Cc1cn(C)cn1)CCO2.Cn1cnc(C=O)c1.[B][B]B([B])B(B([B])[B])B(B(B([B])[B])B([B])[B])B(B(B(B([B])[B])B([B])[B])B(B([B])[B])B([B])[B])B(B(B(B([B])[B])B([B])[B])B(B([B])[B])B([B])[B])B(B(B([B])[B])B([B])[B])B(B([B])[B])B([B])[B]. The molecule has 1 N–H and O–H groups in total. The first-order chi connectivity index (χ1) is 42.3. The van der Waals surface area contributed by atoms with Gasteiger partial charge in [-0.15, -0.1) is 0 Å². The zero-order valence-electron chi connectivity index (χ0n) is 52.9. The van der Waals surface area contributed by atoms with Crippen LogP contribution >= 0.6 is 0 Å². The Hall–Kier alpha value is 0.801. The van der Waals surface area contributed by atoms with E-state index in [0.717, 1.165) is 62.4 Å². The van der Waals surface area contributed by atoms with Crippen LogP contribution in [-0.2, 0) is 20.6 Å². The number of anilines is 2. The molecule has 0 amide bonds. The number of nitrogens with zero attached hydrogens (tertiary/aromatic N) is 5. The molecule has 0 bridgehead atoms. The average Bonchev–Trinajstić information content (AvgIpc) is 1.08. The standard InChI is InChI=1S/C15H20N4O.C5H6N2O.B63/c1-3-16-12-4-5-15-14(8-12)19(6-7-20-15)10-13-9-18(2)11-17-13;1-7-2-5(3-8)6-4-7;1-33-49(32)57(48(30)31)61(56(46(26)27)47(28)29)63(60(54(42(18)19)43(20)21)55(44(22)23)45(24)25)62(58(50(34(2)3)35(4)5)51(36(6)7)37(8)9)59(52(38(10)11)39(12)13)53(40(14)15)41(16)17/h4-5,8-9,11,16H,3,6-7,10H2,1-2H3;2-4H,1H3;. The van der Waals surface area contributed by atoms with E-state index in [-0.39, 0.29) is 0 Å². The molecular formula is C20H26B63N6O2. The van der Waals surface area contributed by atoms with Crippen molar-refractivity contribution in [3.05, 3.63) is 54.6 Å². The van der Waals surface area contributed by atoms with E-state index in [4.69, 9.17) is 252 Å². The molecule has 1 aliphatic heterocycles. The van der Waals surface area contributed by atoms with Crippen LogP contribution in [0.4, 0.5) is 11.4 Å². The predicted octanol–water partition coefficient (Wildman–Crippen LogP) is -21.5. The van der Waals surface area contributed by atoms with E-state index in [1.54, 1.807) is 17.1 Å². The molecule has 337 valence electrons. The minimum atomic E-state index is -1.56. The Morgan fingerprint density at radius 3 is 1.02 bits per heavy atom. The lowest BCUT2D eigenvalue weighted by molar-refractivity contribution is 0.111. The summed E-state index contributed by atoms with van der Waals surface area (Å²) in [5, 5.41) is 3.34. The van der Waals surface area contributed by atoms with Crippen molar-refractivity contribution in [2.24, 2.45) is 14.1 Å². The molecule has 71 heteroatoms. The van der Waals surface area contributed by atoms with Crippen LogP contribution in [0.1, 0.15) is 23.1 Å². The maximum atomic E-state index is 9.94. The lowest BCUT2D eigenvalue weighted by atomic mass is 8.22. The van der Waals surface area contributed by atoms with Crippen LogP contribution in [0.5, 0.6) is 5.75 Å². The van der Waals surface area contributed by atoms with Gasteiger partial charge in [-0.1, -0.05) is 0 Å². The molecule has 2 aromatic heterocycles. The van der Waals surface area contributed by atoms with Gasteiger partial charge in [-0.05, 0) is 25.1 Å². The zero-order valence-corrected chi connectivity index (χ0v) is 52.9. The summed E-state index contributed by atoms with van der Waals surface area (Å²) in [6.07, 6.45) is -35.7. The smallest absolute Gasteiger partial charge is 0.169 e. The van der Waals surface area contributed by atoms with Gasteiger partial charge in [0.25, 0.3) is 0 Å². The highest BCUT2D eigenvalue weighted by atomic mass is 16.5. The second-order valence-corrected chi connectivity index (χ2v) is 24.1. The van der Waals surface area contributed by atoms with Crippen LogP contribution in [0, 0.1) is 0 Å². The number of rotatable bonds is 35. The van der Waals surface area contributed by atoms with Gasteiger partial charge in [-0.25, -0.2) is 9.97 Å². The van der Waals surface area contributed by atoms with Crippen LogP contribution in [-0.4, -0.2) is 491 Å². The molecule has 1 aromatic carbocycles. The van der Waals surface area contributed by atoms with Crippen LogP contribution in [0.25, 0.3) is 0 Å². The highest BCUT2D eigenvalue weighted by molar-refractivity contribution is 8.38. The Kier molecular flexibility index (Phi) is 40.7. The molecule has 0 saturated carbocycles. The summed E-state index contributed by atoms with van der Waals surface area (Å²) in [5.74, 6) is 0.953. The molecule has 0 spiro atoms. The molecule has 0 saturated heterocycles. The van der Waals surface area contributed by atoms with Gasteiger partial charge in [0.2, 0.25) is 0 Å². The van der Waals surface area contributed by atoms with Gasteiger partial charge in [0.05, 0.1) is 37.1 Å². The molecule has 3 aromatic rings. The number of aromatic nitrogens is 4. The maximum absolute atomic E-state index is 9.94. The Labute approximate surface area is 605 Å². The summed E-state index contributed by atoms with van der Waals surface area (Å²) in [7, 11) is 217. The summed E-state index contributed by atoms with van der Waals surface area (Å²) in [4.78, 5) is 20.4. The molecule has 8 nitrogen and oxygen atoms in total. The van der Waals surface area contributed by atoms with Crippen molar-refractivity contribution in [3.63, 3.8) is 0 Å². The van der Waals surface area contributed by atoms with Gasteiger partial charge >= 0.3 is 0 Å². The van der Waals surface area contributed by atoms with Gasteiger partial charge in [-0.3, -0.25) is 4.79 Å². The highest BCUT2D eigenvalue weighted by Crippen LogP contribution is 2.35. The lowest BCUT2D eigenvalue weighted by Gasteiger charge is -2.59. The van der Waals surface area contributed by atoms with Crippen molar-refractivity contribution in [3.8, 4) is 5.75 Å². The number of hydrogen-bond acceptors (Lipinski definition) is 6. The Morgan fingerprint density at radius 1 is 0.462 bits per heavy atom. The summed E-state index contributed by atoms with van der Waals surface area (Å²) in [5.41, 5.74) is 3.82. The molecule has 91 heavy (non-hydrogen) atoms. The number of carbonyl (C=O) groups excluding carboxylic acids is 1.